The van der Waals surface area contributed by atoms with Crippen LogP contribution in [-0.4, -0.2) is 21.6 Å². The van der Waals surface area contributed by atoms with Gasteiger partial charge in [0, 0.05) is 18.5 Å². The first-order valence-corrected chi connectivity index (χ1v) is 7.60. The molecule has 0 radical (unpaired) electrons. The van der Waals surface area contributed by atoms with E-state index in [0.29, 0.717) is 0 Å². The van der Waals surface area contributed by atoms with Gasteiger partial charge in [-0.25, -0.2) is 0 Å². The van der Waals surface area contributed by atoms with Crippen LogP contribution in [0, 0.1) is 0 Å². The number of fused-ring (bicyclic) bond motifs is 1. The average molecular weight is 285 g/mol. The third-order valence-corrected chi connectivity index (χ3v) is 4.18. The van der Waals surface area contributed by atoms with E-state index in [2.05, 4.69) is 67.0 Å². The summed E-state index contributed by atoms with van der Waals surface area (Å²) in [5, 5.41) is 4.13. The summed E-state index contributed by atoms with van der Waals surface area (Å²) in [5.74, 6) is 1.50. The first-order valence-electron chi connectivity index (χ1n) is 7.60. The van der Waals surface area contributed by atoms with Crippen LogP contribution in [0.3, 0.4) is 0 Å². The van der Waals surface area contributed by atoms with Gasteiger partial charge in [0.2, 0.25) is 5.89 Å². The molecule has 112 valence electrons. The number of nitrogens with zero attached hydrogens (tertiary/aromatic N) is 3. The summed E-state index contributed by atoms with van der Waals surface area (Å²) in [6, 6.07) is 8.81. The monoisotopic (exact) mass is 285 g/mol. The average Bonchev–Trinajstić information content (AvgIpc) is 2.96. The molecule has 0 amide bonds. The molecule has 1 aromatic heterocycles. The van der Waals surface area contributed by atoms with Crippen LogP contribution in [0.1, 0.15) is 56.6 Å². The summed E-state index contributed by atoms with van der Waals surface area (Å²) >= 11 is 0. The van der Waals surface area contributed by atoms with E-state index < -0.39 is 0 Å². The molecule has 2 aromatic rings. The molecule has 1 aliphatic heterocycles. The summed E-state index contributed by atoms with van der Waals surface area (Å²) in [5.41, 5.74) is 2.80. The molecule has 2 heterocycles. The summed E-state index contributed by atoms with van der Waals surface area (Å²) in [6.07, 6.45) is 1.08. The largest absolute Gasteiger partial charge is 0.338 e. The van der Waals surface area contributed by atoms with E-state index in [9.17, 15) is 0 Å². The van der Waals surface area contributed by atoms with Crippen molar-refractivity contribution in [1.29, 1.82) is 0 Å². The molecule has 1 aliphatic rings. The van der Waals surface area contributed by atoms with Crippen molar-refractivity contribution in [3.63, 3.8) is 0 Å². The van der Waals surface area contributed by atoms with Crippen molar-refractivity contribution in [3.8, 4) is 0 Å². The van der Waals surface area contributed by atoms with E-state index >= 15 is 0 Å². The predicted octanol–water partition coefficient (Wildman–Crippen LogP) is 3.49. The van der Waals surface area contributed by atoms with Gasteiger partial charge in [0.1, 0.15) is 0 Å². The lowest BCUT2D eigenvalue weighted by molar-refractivity contribution is 0.158. The third-order valence-electron chi connectivity index (χ3n) is 4.18. The highest BCUT2D eigenvalue weighted by molar-refractivity contribution is 5.29. The van der Waals surface area contributed by atoms with E-state index in [-0.39, 0.29) is 11.5 Å². The predicted molar refractivity (Wildman–Crippen MR) is 82.0 cm³/mol. The summed E-state index contributed by atoms with van der Waals surface area (Å²) in [4.78, 5) is 7.00. The maximum atomic E-state index is 5.49. The highest BCUT2D eigenvalue weighted by Crippen LogP contribution is 2.28. The zero-order chi connectivity index (χ0) is 15.0. The minimum absolute atomic E-state index is 0.0734. The normalized spacial score (nSPS) is 17.5. The van der Waals surface area contributed by atoms with Gasteiger partial charge in [0.25, 0.3) is 0 Å². The Bertz CT molecular complexity index is 627. The van der Waals surface area contributed by atoms with Crippen LogP contribution in [0.5, 0.6) is 0 Å². The van der Waals surface area contributed by atoms with Crippen LogP contribution in [0.2, 0.25) is 0 Å². The number of hydrogen-bond donors (Lipinski definition) is 0. The molecule has 0 aliphatic carbocycles. The Morgan fingerprint density at radius 3 is 2.57 bits per heavy atom. The molecule has 0 spiro atoms. The van der Waals surface area contributed by atoms with Gasteiger partial charge in [-0.2, -0.15) is 4.98 Å². The standard InChI is InChI=1S/C17H23N3O/c1-12(15-18-16(19-21-15)17(2,3)4)20-10-9-13-7-5-6-8-14(13)11-20/h5-8,12H,9-11H2,1-4H3/t12-/m1/s1. The topological polar surface area (TPSA) is 42.2 Å². The second-order valence-corrected chi connectivity index (χ2v) is 6.87. The van der Waals surface area contributed by atoms with Crippen LogP contribution < -0.4 is 0 Å². The number of aromatic nitrogens is 2. The lowest BCUT2D eigenvalue weighted by Crippen LogP contribution is -2.33. The zero-order valence-electron chi connectivity index (χ0n) is 13.3. The highest BCUT2D eigenvalue weighted by Gasteiger charge is 2.27. The Labute approximate surface area is 126 Å². The smallest absolute Gasteiger partial charge is 0.243 e. The van der Waals surface area contributed by atoms with Crippen LogP contribution >= 0.6 is 0 Å². The Morgan fingerprint density at radius 2 is 1.90 bits per heavy atom. The van der Waals surface area contributed by atoms with E-state index in [1.54, 1.807) is 0 Å². The summed E-state index contributed by atoms with van der Waals surface area (Å²) in [7, 11) is 0. The fourth-order valence-electron chi connectivity index (χ4n) is 2.71. The van der Waals surface area contributed by atoms with Gasteiger partial charge >= 0.3 is 0 Å². The van der Waals surface area contributed by atoms with Gasteiger partial charge in [-0.15, -0.1) is 0 Å². The Hall–Kier alpha value is -1.68. The maximum Gasteiger partial charge on any atom is 0.243 e. The van der Waals surface area contributed by atoms with Crippen molar-refractivity contribution >= 4 is 0 Å². The first kappa shape index (κ1) is 14.3. The van der Waals surface area contributed by atoms with Crippen LogP contribution in [0.25, 0.3) is 0 Å². The van der Waals surface area contributed by atoms with Gasteiger partial charge in [-0.1, -0.05) is 50.2 Å². The molecule has 0 saturated heterocycles. The summed E-state index contributed by atoms with van der Waals surface area (Å²) in [6.45, 7) is 10.4. The Balaban J connectivity index is 1.77. The molecular weight excluding hydrogens is 262 g/mol. The van der Waals surface area contributed by atoms with Crippen LogP contribution in [0.15, 0.2) is 28.8 Å². The third kappa shape index (κ3) is 2.86. The maximum absolute atomic E-state index is 5.49. The molecule has 0 N–H and O–H groups in total. The lowest BCUT2D eigenvalue weighted by Gasteiger charge is -2.31. The Kier molecular flexibility index (Phi) is 3.57. The molecule has 21 heavy (non-hydrogen) atoms. The SMILES string of the molecule is C[C@H](c1nc(C(C)(C)C)no1)N1CCc2ccccc2C1. The minimum atomic E-state index is -0.0734. The van der Waals surface area contributed by atoms with Gasteiger partial charge in [-0.3, -0.25) is 4.90 Å². The molecular formula is C17H23N3O. The van der Waals surface area contributed by atoms with E-state index in [4.69, 9.17) is 4.52 Å². The van der Waals surface area contributed by atoms with Gasteiger partial charge < -0.3 is 4.52 Å². The first-order chi connectivity index (χ1) is 9.95. The Morgan fingerprint density at radius 1 is 1.19 bits per heavy atom. The quantitative estimate of drug-likeness (QED) is 0.847. The van der Waals surface area contributed by atoms with E-state index in [0.717, 1.165) is 31.2 Å². The summed E-state index contributed by atoms with van der Waals surface area (Å²) < 4.78 is 5.49. The molecule has 3 rings (SSSR count). The fourth-order valence-corrected chi connectivity index (χ4v) is 2.71. The number of hydrogen-bond acceptors (Lipinski definition) is 4. The number of rotatable bonds is 2. The fraction of sp³-hybridized carbons (Fsp3) is 0.529. The van der Waals surface area contributed by atoms with Gasteiger partial charge in [0.15, 0.2) is 5.82 Å². The molecule has 0 unspecified atom stereocenters. The van der Waals surface area contributed by atoms with Crippen molar-refractivity contribution in [3.05, 3.63) is 47.1 Å². The second kappa shape index (κ2) is 5.26. The van der Waals surface area contributed by atoms with Crippen LogP contribution in [0.4, 0.5) is 0 Å². The zero-order valence-corrected chi connectivity index (χ0v) is 13.3. The molecule has 1 atom stereocenters. The highest BCUT2D eigenvalue weighted by atomic mass is 16.5. The number of benzene rings is 1. The molecule has 0 bridgehead atoms. The van der Waals surface area contributed by atoms with Crippen molar-refractivity contribution in [2.45, 2.75) is 52.1 Å². The molecule has 4 heteroatoms. The second-order valence-electron chi connectivity index (χ2n) is 6.87. The molecule has 4 nitrogen and oxygen atoms in total. The molecule has 1 aromatic carbocycles. The minimum Gasteiger partial charge on any atom is -0.338 e. The van der Waals surface area contributed by atoms with Gasteiger partial charge in [-0.05, 0) is 24.5 Å². The lowest BCUT2D eigenvalue weighted by atomic mass is 9.96. The van der Waals surface area contributed by atoms with E-state index in [1.807, 2.05) is 0 Å². The van der Waals surface area contributed by atoms with Gasteiger partial charge in [0.05, 0.1) is 6.04 Å². The van der Waals surface area contributed by atoms with Crippen molar-refractivity contribution in [2.75, 3.05) is 6.54 Å². The molecule has 0 saturated carbocycles. The van der Waals surface area contributed by atoms with Crippen molar-refractivity contribution in [1.82, 2.24) is 15.0 Å². The van der Waals surface area contributed by atoms with Crippen LogP contribution in [-0.2, 0) is 18.4 Å². The van der Waals surface area contributed by atoms with E-state index in [1.165, 1.54) is 11.1 Å². The molecule has 0 fully saturated rings. The van der Waals surface area contributed by atoms with Crippen molar-refractivity contribution < 1.29 is 4.52 Å². The van der Waals surface area contributed by atoms with Crippen molar-refractivity contribution in [2.24, 2.45) is 0 Å².